The van der Waals surface area contributed by atoms with Crippen molar-refractivity contribution in [2.24, 2.45) is 0 Å². The molecule has 0 bridgehead atoms. The summed E-state index contributed by atoms with van der Waals surface area (Å²) in [7, 11) is 0. The van der Waals surface area contributed by atoms with Gasteiger partial charge in [0.15, 0.2) is 0 Å². The maximum absolute atomic E-state index is 11.7. The molecule has 86 valence electrons. The van der Waals surface area contributed by atoms with Crippen molar-refractivity contribution in [1.82, 2.24) is 0 Å². The molecule has 0 spiro atoms. The van der Waals surface area contributed by atoms with E-state index in [1.807, 2.05) is 32.9 Å². The van der Waals surface area contributed by atoms with Crippen molar-refractivity contribution in [3.05, 3.63) is 29.3 Å². The zero-order valence-electron chi connectivity index (χ0n) is 9.87. The van der Waals surface area contributed by atoms with Crippen LogP contribution in [0.2, 0.25) is 0 Å². The molecule has 0 saturated carbocycles. The molecule has 2 rings (SSSR count). The number of carbonyl (C=O) groups excluding carboxylic acids is 1. The summed E-state index contributed by atoms with van der Waals surface area (Å²) in [6.07, 6.45) is 0.747. The van der Waals surface area contributed by atoms with Gasteiger partial charge >= 0.3 is 5.97 Å². The van der Waals surface area contributed by atoms with Crippen LogP contribution in [-0.2, 0) is 11.2 Å². The number of rotatable bonds is 2. The van der Waals surface area contributed by atoms with E-state index in [0.29, 0.717) is 12.2 Å². The average Bonchev–Trinajstić information content (AvgIpc) is 2.51. The van der Waals surface area contributed by atoms with Gasteiger partial charge in [0.2, 0.25) is 0 Å². The molecule has 1 aromatic carbocycles. The standard InChI is InChI=1S/C13H16O3/c1-4-15-12(14)9-6-5-7-11-10(9)8-13(2,3)16-11/h5-7H,4,8H2,1-3H3. The van der Waals surface area contributed by atoms with E-state index in [-0.39, 0.29) is 11.6 Å². The van der Waals surface area contributed by atoms with E-state index in [4.69, 9.17) is 9.47 Å². The molecule has 1 aromatic rings. The fourth-order valence-electron chi connectivity index (χ4n) is 2.00. The summed E-state index contributed by atoms with van der Waals surface area (Å²) in [5, 5.41) is 0. The van der Waals surface area contributed by atoms with Gasteiger partial charge < -0.3 is 9.47 Å². The average molecular weight is 220 g/mol. The molecule has 0 fully saturated rings. The van der Waals surface area contributed by atoms with E-state index >= 15 is 0 Å². The SMILES string of the molecule is CCOC(=O)c1cccc2c1CC(C)(C)O2. The second kappa shape index (κ2) is 3.81. The van der Waals surface area contributed by atoms with Crippen LogP contribution in [0.1, 0.15) is 36.7 Å². The second-order valence-electron chi connectivity index (χ2n) is 4.54. The molecule has 0 aromatic heterocycles. The molecule has 0 unspecified atom stereocenters. The first kappa shape index (κ1) is 11.0. The van der Waals surface area contributed by atoms with E-state index in [2.05, 4.69) is 0 Å². The van der Waals surface area contributed by atoms with Crippen LogP contribution in [0.15, 0.2) is 18.2 Å². The van der Waals surface area contributed by atoms with Crippen molar-refractivity contribution in [2.45, 2.75) is 32.8 Å². The third-order valence-corrected chi connectivity index (χ3v) is 2.62. The van der Waals surface area contributed by atoms with Gasteiger partial charge in [-0.15, -0.1) is 0 Å². The third kappa shape index (κ3) is 1.90. The molecule has 1 aliphatic rings. The summed E-state index contributed by atoms with van der Waals surface area (Å²) >= 11 is 0. The Kier molecular flexibility index (Phi) is 2.62. The van der Waals surface area contributed by atoms with Crippen LogP contribution in [0.5, 0.6) is 5.75 Å². The van der Waals surface area contributed by atoms with Crippen molar-refractivity contribution in [3.8, 4) is 5.75 Å². The number of benzene rings is 1. The van der Waals surface area contributed by atoms with Gasteiger partial charge in [-0.3, -0.25) is 0 Å². The highest BCUT2D eigenvalue weighted by Gasteiger charge is 2.33. The fraction of sp³-hybridized carbons (Fsp3) is 0.462. The number of carbonyl (C=O) groups is 1. The normalized spacial score (nSPS) is 16.4. The van der Waals surface area contributed by atoms with Crippen LogP contribution in [0.3, 0.4) is 0 Å². The summed E-state index contributed by atoms with van der Waals surface area (Å²) < 4.78 is 10.8. The van der Waals surface area contributed by atoms with Crippen molar-refractivity contribution in [2.75, 3.05) is 6.61 Å². The highest BCUT2D eigenvalue weighted by atomic mass is 16.5. The minimum atomic E-state index is -0.263. The summed E-state index contributed by atoms with van der Waals surface area (Å²) in [4.78, 5) is 11.7. The van der Waals surface area contributed by atoms with Gasteiger partial charge in [0.25, 0.3) is 0 Å². The minimum Gasteiger partial charge on any atom is -0.487 e. The fourth-order valence-corrected chi connectivity index (χ4v) is 2.00. The van der Waals surface area contributed by atoms with E-state index in [1.165, 1.54) is 0 Å². The molecule has 16 heavy (non-hydrogen) atoms. The lowest BCUT2D eigenvalue weighted by Crippen LogP contribution is -2.25. The summed E-state index contributed by atoms with van der Waals surface area (Å²) in [6.45, 7) is 6.23. The molecular weight excluding hydrogens is 204 g/mol. The molecule has 3 heteroatoms. The van der Waals surface area contributed by atoms with Gasteiger partial charge in [-0.05, 0) is 32.9 Å². The number of hydrogen-bond acceptors (Lipinski definition) is 3. The Morgan fingerprint density at radius 3 is 2.94 bits per heavy atom. The molecule has 0 atom stereocenters. The number of esters is 1. The van der Waals surface area contributed by atoms with Gasteiger partial charge in [-0.25, -0.2) is 4.79 Å². The Hall–Kier alpha value is -1.51. The highest BCUT2D eigenvalue weighted by Crippen LogP contribution is 2.36. The zero-order chi connectivity index (χ0) is 11.8. The maximum atomic E-state index is 11.7. The molecule has 0 N–H and O–H groups in total. The minimum absolute atomic E-state index is 0.231. The molecule has 1 aliphatic heterocycles. The van der Waals surface area contributed by atoms with E-state index in [1.54, 1.807) is 6.07 Å². The molecule has 1 heterocycles. The van der Waals surface area contributed by atoms with Crippen LogP contribution in [-0.4, -0.2) is 18.2 Å². The van der Waals surface area contributed by atoms with E-state index < -0.39 is 0 Å². The van der Waals surface area contributed by atoms with Gasteiger partial charge in [0.1, 0.15) is 11.4 Å². The van der Waals surface area contributed by atoms with Crippen molar-refractivity contribution < 1.29 is 14.3 Å². The molecule has 0 radical (unpaired) electrons. The first-order valence-corrected chi connectivity index (χ1v) is 5.51. The van der Waals surface area contributed by atoms with Gasteiger partial charge in [0.05, 0.1) is 12.2 Å². The van der Waals surface area contributed by atoms with Crippen LogP contribution < -0.4 is 4.74 Å². The Morgan fingerprint density at radius 1 is 1.50 bits per heavy atom. The van der Waals surface area contributed by atoms with E-state index in [9.17, 15) is 4.79 Å². The van der Waals surface area contributed by atoms with Crippen LogP contribution in [0.4, 0.5) is 0 Å². The number of ether oxygens (including phenoxy) is 2. The molecule has 0 saturated heterocycles. The van der Waals surface area contributed by atoms with E-state index in [0.717, 1.165) is 17.7 Å². The zero-order valence-corrected chi connectivity index (χ0v) is 9.87. The van der Waals surface area contributed by atoms with Crippen molar-refractivity contribution in [1.29, 1.82) is 0 Å². The maximum Gasteiger partial charge on any atom is 0.338 e. The highest BCUT2D eigenvalue weighted by molar-refractivity contribution is 5.92. The van der Waals surface area contributed by atoms with Crippen molar-refractivity contribution in [3.63, 3.8) is 0 Å². The lowest BCUT2D eigenvalue weighted by molar-refractivity contribution is 0.0525. The van der Waals surface area contributed by atoms with Crippen LogP contribution >= 0.6 is 0 Å². The molecular formula is C13H16O3. The smallest absolute Gasteiger partial charge is 0.338 e. The first-order chi connectivity index (χ1) is 7.53. The number of fused-ring (bicyclic) bond motifs is 1. The largest absolute Gasteiger partial charge is 0.487 e. The summed E-state index contributed by atoms with van der Waals surface area (Å²) in [6, 6.07) is 5.51. The third-order valence-electron chi connectivity index (χ3n) is 2.62. The first-order valence-electron chi connectivity index (χ1n) is 5.51. The van der Waals surface area contributed by atoms with Crippen LogP contribution in [0.25, 0.3) is 0 Å². The van der Waals surface area contributed by atoms with Crippen molar-refractivity contribution >= 4 is 5.97 Å². The van der Waals surface area contributed by atoms with Crippen LogP contribution in [0, 0.1) is 0 Å². The topological polar surface area (TPSA) is 35.5 Å². The molecule has 0 aliphatic carbocycles. The lowest BCUT2D eigenvalue weighted by atomic mass is 9.97. The Labute approximate surface area is 95.4 Å². The van der Waals surface area contributed by atoms with Gasteiger partial charge in [0, 0.05) is 12.0 Å². The quantitative estimate of drug-likeness (QED) is 0.718. The van der Waals surface area contributed by atoms with Gasteiger partial charge in [-0.2, -0.15) is 0 Å². The number of hydrogen-bond donors (Lipinski definition) is 0. The Morgan fingerprint density at radius 2 is 2.25 bits per heavy atom. The monoisotopic (exact) mass is 220 g/mol. The predicted molar refractivity (Wildman–Crippen MR) is 60.8 cm³/mol. The summed E-state index contributed by atoms with van der Waals surface area (Å²) in [5.74, 6) is 0.538. The van der Waals surface area contributed by atoms with Gasteiger partial charge in [-0.1, -0.05) is 6.07 Å². The second-order valence-corrected chi connectivity index (χ2v) is 4.54. The molecule has 0 amide bonds. The predicted octanol–water partition coefficient (Wildman–Crippen LogP) is 2.58. The molecule has 3 nitrogen and oxygen atoms in total. The lowest BCUT2D eigenvalue weighted by Gasteiger charge is -2.16. The summed E-state index contributed by atoms with van der Waals surface area (Å²) in [5.41, 5.74) is 1.36. The Bertz CT molecular complexity index is 421. The Balaban J connectivity index is 2.37.